The van der Waals surface area contributed by atoms with Gasteiger partial charge in [-0.15, -0.1) is 11.8 Å². The van der Waals surface area contributed by atoms with Gasteiger partial charge in [-0.3, -0.25) is 4.79 Å². The smallest absolute Gasteiger partial charge is 0.234 e. The molecule has 3 aromatic carbocycles. The number of nitrogens with one attached hydrogen (secondary N) is 1. The van der Waals surface area contributed by atoms with E-state index in [1.165, 1.54) is 11.8 Å². The first-order valence-electron chi connectivity index (χ1n) is 8.27. The maximum atomic E-state index is 12.1. The number of nitriles is 1. The van der Waals surface area contributed by atoms with Crippen LogP contribution in [0.2, 0.25) is 0 Å². The molecule has 0 saturated carbocycles. The number of anilines is 1. The van der Waals surface area contributed by atoms with Gasteiger partial charge in [0.1, 0.15) is 0 Å². The lowest BCUT2D eigenvalue weighted by molar-refractivity contribution is -0.113. The van der Waals surface area contributed by atoms with Gasteiger partial charge in [0, 0.05) is 11.4 Å². The maximum absolute atomic E-state index is 12.1. The second-order valence-electron chi connectivity index (χ2n) is 5.75. The molecule has 1 amide bonds. The van der Waals surface area contributed by atoms with Gasteiger partial charge in [0.25, 0.3) is 0 Å². The third-order valence-corrected chi connectivity index (χ3v) is 4.89. The average molecular weight is 358 g/mol. The van der Waals surface area contributed by atoms with Crippen LogP contribution in [0.3, 0.4) is 0 Å². The highest BCUT2D eigenvalue weighted by atomic mass is 32.2. The van der Waals surface area contributed by atoms with Gasteiger partial charge in [0.15, 0.2) is 0 Å². The molecule has 3 rings (SSSR count). The molecule has 0 aliphatic heterocycles. The van der Waals surface area contributed by atoms with Gasteiger partial charge >= 0.3 is 0 Å². The van der Waals surface area contributed by atoms with Crippen LogP contribution in [0, 0.1) is 11.3 Å². The molecular weight excluding hydrogens is 340 g/mol. The third kappa shape index (κ3) is 4.75. The Morgan fingerprint density at radius 3 is 2.27 bits per heavy atom. The largest absolute Gasteiger partial charge is 0.325 e. The number of benzene rings is 3. The van der Waals surface area contributed by atoms with E-state index in [1.54, 1.807) is 6.07 Å². The molecule has 0 saturated heterocycles. The Morgan fingerprint density at radius 1 is 0.885 bits per heavy atom. The Morgan fingerprint density at radius 2 is 1.54 bits per heavy atom. The molecule has 0 radical (unpaired) electrons. The molecule has 0 aromatic heterocycles. The van der Waals surface area contributed by atoms with E-state index in [9.17, 15) is 4.79 Å². The van der Waals surface area contributed by atoms with Crippen molar-refractivity contribution in [2.45, 2.75) is 5.75 Å². The summed E-state index contributed by atoms with van der Waals surface area (Å²) in [5.74, 6) is 0.946. The summed E-state index contributed by atoms with van der Waals surface area (Å²) in [4.78, 5) is 12.1. The second kappa shape index (κ2) is 8.89. The summed E-state index contributed by atoms with van der Waals surface area (Å²) in [5, 5.41) is 12.0. The minimum atomic E-state index is -0.0445. The molecule has 0 unspecified atom stereocenters. The Balaban J connectivity index is 1.51. The van der Waals surface area contributed by atoms with Gasteiger partial charge in [-0.2, -0.15) is 5.26 Å². The first-order chi connectivity index (χ1) is 12.8. The number of hydrogen-bond acceptors (Lipinski definition) is 3. The lowest BCUT2D eigenvalue weighted by Crippen LogP contribution is -2.14. The van der Waals surface area contributed by atoms with Crippen LogP contribution in [0.1, 0.15) is 11.1 Å². The van der Waals surface area contributed by atoms with Crippen LogP contribution in [-0.2, 0) is 10.5 Å². The standard InChI is InChI=1S/C22H18N2OS/c23-14-19-8-4-5-9-20(19)15-26-16-22(25)24-21-12-10-18(11-13-21)17-6-2-1-3-7-17/h1-13H,15-16H2,(H,24,25). The highest BCUT2D eigenvalue weighted by molar-refractivity contribution is 7.99. The van der Waals surface area contributed by atoms with Crippen LogP contribution in [0.4, 0.5) is 5.69 Å². The van der Waals surface area contributed by atoms with E-state index in [-0.39, 0.29) is 5.91 Å². The minimum absolute atomic E-state index is 0.0445. The van der Waals surface area contributed by atoms with Gasteiger partial charge in [-0.1, -0.05) is 60.7 Å². The van der Waals surface area contributed by atoms with Crippen LogP contribution in [0.15, 0.2) is 78.9 Å². The van der Waals surface area contributed by atoms with E-state index in [0.717, 1.165) is 22.4 Å². The Bertz CT molecular complexity index is 915. The van der Waals surface area contributed by atoms with Crippen LogP contribution < -0.4 is 5.32 Å². The minimum Gasteiger partial charge on any atom is -0.325 e. The first-order valence-corrected chi connectivity index (χ1v) is 9.43. The normalized spacial score (nSPS) is 10.1. The molecule has 3 aromatic rings. The van der Waals surface area contributed by atoms with Gasteiger partial charge < -0.3 is 5.32 Å². The van der Waals surface area contributed by atoms with Crippen LogP contribution in [0.25, 0.3) is 11.1 Å². The summed E-state index contributed by atoms with van der Waals surface area (Å²) >= 11 is 1.50. The van der Waals surface area contributed by atoms with Gasteiger partial charge in [-0.05, 0) is 34.9 Å². The summed E-state index contributed by atoms with van der Waals surface area (Å²) in [6.45, 7) is 0. The van der Waals surface area contributed by atoms with Crippen molar-refractivity contribution in [2.24, 2.45) is 0 Å². The number of carbonyl (C=O) groups excluding carboxylic acids is 1. The number of thioether (sulfide) groups is 1. The first kappa shape index (κ1) is 17.8. The Hall–Kier alpha value is -3.03. The summed E-state index contributed by atoms with van der Waals surface area (Å²) < 4.78 is 0. The van der Waals surface area contributed by atoms with Crippen LogP contribution in [0.5, 0.6) is 0 Å². The number of nitrogens with zero attached hydrogens (tertiary/aromatic N) is 1. The quantitative estimate of drug-likeness (QED) is 0.667. The van der Waals surface area contributed by atoms with E-state index in [2.05, 4.69) is 23.5 Å². The molecule has 0 spiro atoms. The summed E-state index contributed by atoms with van der Waals surface area (Å²) in [6, 6.07) is 27.6. The van der Waals surface area contributed by atoms with Crippen molar-refractivity contribution >= 4 is 23.4 Å². The fourth-order valence-corrected chi connectivity index (χ4v) is 3.41. The highest BCUT2D eigenvalue weighted by Crippen LogP contribution is 2.21. The fourth-order valence-electron chi connectivity index (χ4n) is 2.58. The molecule has 128 valence electrons. The number of hydrogen-bond donors (Lipinski definition) is 1. The fraction of sp³-hybridized carbons (Fsp3) is 0.0909. The third-order valence-electron chi connectivity index (χ3n) is 3.90. The molecule has 0 heterocycles. The van der Waals surface area contributed by atoms with E-state index in [0.29, 0.717) is 17.1 Å². The molecule has 0 bridgehead atoms. The lowest BCUT2D eigenvalue weighted by atomic mass is 10.1. The molecule has 3 nitrogen and oxygen atoms in total. The van der Waals surface area contributed by atoms with Crippen molar-refractivity contribution in [3.05, 3.63) is 90.0 Å². The van der Waals surface area contributed by atoms with Crippen molar-refractivity contribution in [3.63, 3.8) is 0 Å². The summed E-state index contributed by atoms with van der Waals surface area (Å²) in [7, 11) is 0. The van der Waals surface area contributed by atoms with Crippen LogP contribution >= 0.6 is 11.8 Å². The maximum Gasteiger partial charge on any atom is 0.234 e. The topological polar surface area (TPSA) is 52.9 Å². The van der Waals surface area contributed by atoms with Crippen molar-refractivity contribution in [2.75, 3.05) is 11.1 Å². The average Bonchev–Trinajstić information content (AvgIpc) is 2.69. The van der Waals surface area contributed by atoms with E-state index < -0.39 is 0 Å². The van der Waals surface area contributed by atoms with Gasteiger partial charge in [-0.25, -0.2) is 0 Å². The lowest BCUT2D eigenvalue weighted by Gasteiger charge is -2.07. The predicted molar refractivity (Wildman–Crippen MR) is 108 cm³/mol. The molecule has 1 N–H and O–H groups in total. The summed E-state index contributed by atoms with van der Waals surface area (Å²) in [5.41, 5.74) is 4.67. The van der Waals surface area contributed by atoms with E-state index in [1.807, 2.05) is 60.7 Å². The van der Waals surface area contributed by atoms with E-state index >= 15 is 0 Å². The van der Waals surface area contributed by atoms with Gasteiger partial charge in [0.05, 0.1) is 17.4 Å². The number of amides is 1. The van der Waals surface area contributed by atoms with Crippen LogP contribution in [-0.4, -0.2) is 11.7 Å². The zero-order valence-electron chi connectivity index (χ0n) is 14.2. The predicted octanol–water partition coefficient (Wildman–Crippen LogP) is 5.10. The SMILES string of the molecule is N#Cc1ccccc1CSCC(=O)Nc1ccc(-c2ccccc2)cc1. The van der Waals surface area contributed by atoms with Crippen molar-refractivity contribution < 1.29 is 4.79 Å². The highest BCUT2D eigenvalue weighted by Gasteiger charge is 2.06. The van der Waals surface area contributed by atoms with Crippen molar-refractivity contribution in [1.29, 1.82) is 5.26 Å². The van der Waals surface area contributed by atoms with Crippen molar-refractivity contribution in [3.8, 4) is 17.2 Å². The number of carbonyl (C=O) groups is 1. The monoisotopic (exact) mass is 358 g/mol. The summed E-state index contributed by atoms with van der Waals surface area (Å²) in [6.07, 6.45) is 0. The molecule has 26 heavy (non-hydrogen) atoms. The zero-order valence-corrected chi connectivity index (χ0v) is 15.0. The Labute approximate surface area is 157 Å². The second-order valence-corrected chi connectivity index (χ2v) is 6.74. The molecule has 0 aliphatic rings. The zero-order chi connectivity index (χ0) is 18.2. The number of rotatable bonds is 6. The molecule has 0 aliphatic carbocycles. The van der Waals surface area contributed by atoms with Gasteiger partial charge in [0.2, 0.25) is 5.91 Å². The molecule has 0 fully saturated rings. The molecule has 4 heteroatoms. The van der Waals surface area contributed by atoms with Crippen molar-refractivity contribution in [1.82, 2.24) is 0 Å². The molecular formula is C22H18N2OS. The Kier molecular flexibility index (Phi) is 6.08. The molecule has 0 atom stereocenters. The van der Waals surface area contributed by atoms with E-state index in [4.69, 9.17) is 5.26 Å².